The topological polar surface area (TPSA) is 50.1 Å². The average Bonchev–Trinajstić information content (AvgIpc) is 2.18. The molecule has 14 heavy (non-hydrogen) atoms. The number of carbonyl (C=O) groups excluding carboxylic acids is 1. The van der Waals surface area contributed by atoms with Crippen LogP contribution in [-0.2, 0) is 9.53 Å². The molecule has 0 amide bonds. The summed E-state index contributed by atoms with van der Waals surface area (Å²) in [5.41, 5.74) is -0.974. The molecular weight excluding hydrogens is 198 g/mol. The van der Waals surface area contributed by atoms with Crippen molar-refractivity contribution in [3.05, 3.63) is 0 Å². The molecule has 0 saturated carbocycles. The third-order valence-corrected chi connectivity index (χ3v) is 2.82. The van der Waals surface area contributed by atoms with E-state index in [-0.39, 0.29) is 0 Å². The molecule has 0 aliphatic heterocycles. The normalized spacial score (nSPS) is 14.1. The number of hydrogen-bond donors (Lipinski definition) is 0. The van der Waals surface area contributed by atoms with Gasteiger partial charge in [-0.15, -0.1) is 0 Å². The summed E-state index contributed by atoms with van der Waals surface area (Å²) in [5.74, 6) is 1.42. The summed E-state index contributed by atoms with van der Waals surface area (Å²) in [6.07, 6.45) is 0.556. The van der Waals surface area contributed by atoms with Crippen molar-refractivity contribution in [2.24, 2.45) is 5.41 Å². The van der Waals surface area contributed by atoms with Gasteiger partial charge in [0.2, 0.25) is 0 Å². The number of esters is 1. The van der Waals surface area contributed by atoms with E-state index in [1.165, 1.54) is 0 Å². The number of ether oxygens (including phenoxy) is 1. The Morgan fingerprint density at radius 3 is 2.64 bits per heavy atom. The van der Waals surface area contributed by atoms with Crippen LogP contribution in [0.15, 0.2) is 0 Å². The van der Waals surface area contributed by atoms with Crippen molar-refractivity contribution in [1.29, 1.82) is 5.26 Å². The Balaban J connectivity index is 4.18. The Kier molecular flexibility index (Phi) is 6.39. The number of nitrogens with zero attached hydrogens (tertiary/aromatic N) is 1. The highest BCUT2D eigenvalue weighted by molar-refractivity contribution is 7.99. The van der Waals surface area contributed by atoms with Crippen molar-refractivity contribution in [3.63, 3.8) is 0 Å². The molecule has 0 fully saturated rings. The molecule has 0 spiro atoms. The highest BCUT2D eigenvalue weighted by atomic mass is 32.2. The lowest BCUT2D eigenvalue weighted by Crippen LogP contribution is -2.29. The molecule has 0 aliphatic rings. The van der Waals surface area contributed by atoms with Crippen molar-refractivity contribution < 1.29 is 9.53 Å². The lowest BCUT2D eigenvalue weighted by atomic mass is 9.90. The van der Waals surface area contributed by atoms with Gasteiger partial charge in [0.15, 0.2) is 5.41 Å². The minimum atomic E-state index is -0.974. The zero-order valence-corrected chi connectivity index (χ0v) is 9.82. The first-order valence-electron chi connectivity index (χ1n) is 4.77. The Morgan fingerprint density at radius 1 is 1.57 bits per heavy atom. The van der Waals surface area contributed by atoms with E-state index in [1.54, 1.807) is 25.6 Å². The van der Waals surface area contributed by atoms with E-state index in [2.05, 4.69) is 6.92 Å². The van der Waals surface area contributed by atoms with E-state index in [4.69, 9.17) is 10.00 Å². The van der Waals surface area contributed by atoms with Gasteiger partial charge in [0.05, 0.1) is 12.7 Å². The van der Waals surface area contributed by atoms with E-state index >= 15 is 0 Å². The third kappa shape index (κ3) is 4.01. The van der Waals surface area contributed by atoms with Crippen LogP contribution in [0.4, 0.5) is 0 Å². The van der Waals surface area contributed by atoms with E-state index in [0.717, 1.165) is 11.5 Å². The van der Waals surface area contributed by atoms with Crippen LogP contribution in [0.5, 0.6) is 0 Å². The van der Waals surface area contributed by atoms with Crippen LogP contribution >= 0.6 is 11.8 Å². The Morgan fingerprint density at radius 2 is 2.21 bits per heavy atom. The second-order valence-corrected chi connectivity index (χ2v) is 4.51. The molecule has 1 unspecified atom stereocenters. The van der Waals surface area contributed by atoms with Crippen molar-refractivity contribution in [1.82, 2.24) is 0 Å². The molecule has 0 radical (unpaired) electrons. The maximum absolute atomic E-state index is 11.4. The van der Waals surface area contributed by atoms with Gasteiger partial charge in [-0.1, -0.05) is 6.92 Å². The largest absolute Gasteiger partial charge is 0.465 e. The van der Waals surface area contributed by atoms with Gasteiger partial charge in [-0.3, -0.25) is 4.79 Å². The maximum atomic E-state index is 11.4. The van der Waals surface area contributed by atoms with Crippen molar-refractivity contribution in [2.45, 2.75) is 27.2 Å². The molecule has 0 saturated heterocycles. The molecule has 4 heteroatoms. The minimum Gasteiger partial charge on any atom is -0.465 e. The van der Waals surface area contributed by atoms with Gasteiger partial charge in [-0.05, 0) is 31.8 Å². The van der Waals surface area contributed by atoms with Gasteiger partial charge in [0.1, 0.15) is 0 Å². The van der Waals surface area contributed by atoms with Gasteiger partial charge in [0.25, 0.3) is 0 Å². The van der Waals surface area contributed by atoms with Crippen molar-refractivity contribution >= 4 is 17.7 Å². The lowest BCUT2D eigenvalue weighted by molar-refractivity contribution is -0.151. The van der Waals surface area contributed by atoms with Crippen LogP contribution in [0.3, 0.4) is 0 Å². The molecule has 80 valence electrons. The molecule has 0 aromatic rings. The monoisotopic (exact) mass is 215 g/mol. The first-order chi connectivity index (χ1) is 6.60. The molecule has 0 aromatic carbocycles. The summed E-state index contributed by atoms with van der Waals surface area (Å²) in [6.45, 7) is 5.77. The molecule has 3 nitrogen and oxygen atoms in total. The SMILES string of the molecule is CCOC(=O)C(C)(C#N)CCSCC. The Labute approximate surface area is 89.8 Å². The molecular formula is C10H17NO2S. The van der Waals surface area contributed by atoms with Gasteiger partial charge in [-0.25, -0.2) is 0 Å². The number of thioether (sulfide) groups is 1. The predicted molar refractivity (Wildman–Crippen MR) is 58.0 cm³/mol. The summed E-state index contributed by atoms with van der Waals surface area (Å²) in [5, 5.41) is 8.92. The van der Waals surface area contributed by atoms with Gasteiger partial charge >= 0.3 is 5.97 Å². The van der Waals surface area contributed by atoms with E-state index in [9.17, 15) is 4.79 Å². The number of hydrogen-bond acceptors (Lipinski definition) is 4. The smallest absolute Gasteiger partial charge is 0.326 e. The number of nitriles is 1. The van der Waals surface area contributed by atoms with Crippen LogP contribution in [0.1, 0.15) is 27.2 Å². The maximum Gasteiger partial charge on any atom is 0.326 e. The highest BCUT2D eigenvalue weighted by Gasteiger charge is 2.34. The molecule has 0 heterocycles. The fourth-order valence-electron chi connectivity index (χ4n) is 0.915. The second kappa shape index (κ2) is 6.72. The summed E-state index contributed by atoms with van der Waals surface area (Å²) >= 11 is 1.73. The minimum absolute atomic E-state index is 0.330. The van der Waals surface area contributed by atoms with Crippen LogP contribution in [0, 0.1) is 16.7 Å². The summed E-state index contributed by atoms with van der Waals surface area (Å²) < 4.78 is 4.86. The molecule has 1 atom stereocenters. The fraction of sp³-hybridized carbons (Fsp3) is 0.800. The van der Waals surface area contributed by atoms with E-state index in [0.29, 0.717) is 13.0 Å². The van der Waals surface area contributed by atoms with Crippen LogP contribution in [-0.4, -0.2) is 24.1 Å². The van der Waals surface area contributed by atoms with Crippen molar-refractivity contribution in [3.8, 4) is 6.07 Å². The van der Waals surface area contributed by atoms with Crippen molar-refractivity contribution in [2.75, 3.05) is 18.1 Å². The molecule has 0 aliphatic carbocycles. The zero-order chi connectivity index (χ0) is 11.0. The van der Waals surface area contributed by atoms with E-state index < -0.39 is 11.4 Å². The third-order valence-electron chi connectivity index (χ3n) is 1.92. The number of rotatable bonds is 6. The number of carbonyl (C=O) groups is 1. The second-order valence-electron chi connectivity index (χ2n) is 3.11. The van der Waals surface area contributed by atoms with Crippen LogP contribution in [0.25, 0.3) is 0 Å². The Hall–Kier alpha value is -0.690. The predicted octanol–water partition coefficient (Wildman–Crippen LogP) is 2.22. The first-order valence-corrected chi connectivity index (χ1v) is 5.92. The molecule has 0 aromatic heterocycles. The van der Waals surface area contributed by atoms with Crippen LogP contribution < -0.4 is 0 Å². The first kappa shape index (κ1) is 13.3. The summed E-state index contributed by atoms with van der Waals surface area (Å²) in [7, 11) is 0. The molecule has 0 bridgehead atoms. The standard InChI is InChI=1S/C10H17NO2S/c1-4-13-9(12)10(3,8-11)6-7-14-5-2/h4-7H2,1-3H3. The summed E-state index contributed by atoms with van der Waals surface area (Å²) in [4.78, 5) is 11.4. The summed E-state index contributed by atoms with van der Waals surface area (Å²) in [6, 6.07) is 2.03. The van der Waals surface area contributed by atoms with E-state index in [1.807, 2.05) is 6.07 Å². The van der Waals surface area contributed by atoms with Gasteiger partial charge in [0, 0.05) is 0 Å². The average molecular weight is 215 g/mol. The Bertz CT molecular complexity index is 225. The quantitative estimate of drug-likeness (QED) is 0.503. The highest BCUT2D eigenvalue weighted by Crippen LogP contribution is 2.24. The fourth-order valence-corrected chi connectivity index (χ4v) is 1.76. The molecule has 0 N–H and O–H groups in total. The van der Waals surface area contributed by atoms with Gasteiger partial charge in [-0.2, -0.15) is 17.0 Å². The zero-order valence-electron chi connectivity index (χ0n) is 9.00. The van der Waals surface area contributed by atoms with Gasteiger partial charge < -0.3 is 4.74 Å². The lowest BCUT2D eigenvalue weighted by Gasteiger charge is -2.18. The van der Waals surface area contributed by atoms with Crippen LogP contribution in [0.2, 0.25) is 0 Å². The molecule has 0 rings (SSSR count).